The fraction of sp³-hybridized carbons (Fsp3) is 0.500. The summed E-state index contributed by atoms with van der Waals surface area (Å²) in [6.45, 7) is 4.61. The molecule has 1 aromatic rings. The fourth-order valence-corrected chi connectivity index (χ4v) is 2.02. The average Bonchev–Trinajstić information content (AvgIpc) is 2.46. The van der Waals surface area contributed by atoms with Crippen LogP contribution in [-0.4, -0.2) is 12.6 Å². The third kappa shape index (κ3) is 7.13. The zero-order chi connectivity index (χ0) is 14.6. The molecule has 0 radical (unpaired) electrons. The van der Waals surface area contributed by atoms with Crippen LogP contribution in [0, 0.1) is 0 Å². The third-order valence-corrected chi connectivity index (χ3v) is 3.14. The average molecular weight is 274 g/mol. The maximum Gasteiger partial charge on any atom is 0.306 e. The molecule has 0 aliphatic heterocycles. The molecule has 1 rings (SSSR count). The van der Waals surface area contributed by atoms with E-state index < -0.39 is 0 Å². The van der Waals surface area contributed by atoms with E-state index in [1.807, 2.05) is 25.1 Å². The highest BCUT2D eigenvalue weighted by atomic mass is 16.5. The normalized spacial score (nSPS) is 11.4. The number of carbonyl (C=O) groups is 1. The lowest BCUT2D eigenvalue weighted by Gasteiger charge is -2.09. The maximum atomic E-state index is 11.5. The number of carbonyl (C=O) groups excluding carboxylic acids is 1. The van der Waals surface area contributed by atoms with E-state index >= 15 is 0 Å². The molecule has 110 valence electrons. The molecule has 0 atom stereocenters. The second kappa shape index (κ2) is 10.2. The van der Waals surface area contributed by atoms with Crippen molar-refractivity contribution in [3.8, 4) is 0 Å². The van der Waals surface area contributed by atoms with E-state index in [-0.39, 0.29) is 5.97 Å². The van der Waals surface area contributed by atoms with Gasteiger partial charge in [0.25, 0.3) is 0 Å². The van der Waals surface area contributed by atoms with Gasteiger partial charge >= 0.3 is 5.97 Å². The van der Waals surface area contributed by atoms with Gasteiger partial charge in [0, 0.05) is 6.42 Å². The summed E-state index contributed by atoms with van der Waals surface area (Å²) in [5.74, 6) is -0.0954. The van der Waals surface area contributed by atoms with Gasteiger partial charge in [0.2, 0.25) is 0 Å². The van der Waals surface area contributed by atoms with Gasteiger partial charge in [-0.15, -0.1) is 0 Å². The highest BCUT2D eigenvalue weighted by Gasteiger charge is 2.04. The minimum absolute atomic E-state index is 0.0954. The molecule has 0 spiro atoms. The van der Waals surface area contributed by atoms with Crippen molar-refractivity contribution in [1.29, 1.82) is 0 Å². The molecule has 0 heterocycles. The quantitative estimate of drug-likeness (QED) is 0.468. The van der Waals surface area contributed by atoms with Crippen LogP contribution in [0.2, 0.25) is 0 Å². The van der Waals surface area contributed by atoms with Crippen molar-refractivity contribution in [2.24, 2.45) is 0 Å². The van der Waals surface area contributed by atoms with Crippen LogP contribution in [0.15, 0.2) is 35.9 Å². The lowest BCUT2D eigenvalue weighted by atomic mass is 10.0. The first-order valence-corrected chi connectivity index (χ1v) is 7.66. The summed E-state index contributed by atoms with van der Waals surface area (Å²) in [5.41, 5.74) is 2.37. The number of hydrogen-bond acceptors (Lipinski definition) is 2. The first-order valence-electron chi connectivity index (χ1n) is 7.66. The van der Waals surface area contributed by atoms with Crippen LogP contribution in [0.1, 0.15) is 57.9 Å². The SMILES string of the molecule is CCCCCC(=Cc1ccccc1)COC(=O)CCC. The lowest BCUT2D eigenvalue weighted by Crippen LogP contribution is -2.07. The molecule has 20 heavy (non-hydrogen) atoms. The molecule has 0 bridgehead atoms. The number of hydrogen-bond donors (Lipinski definition) is 0. The molecule has 0 unspecified atom stereocenters. The van der Waals surface area contributed by atoms with Gasteiger partial charge in [0.15, 0.2) is 0 Å². The Kier molecular flexibility index (Phi) is 8.44. The standard InChI is InChI=1S/C18H26O2/c1-3-5-7-13-17(15-20-18(19)10-4-2)14-16-11-8-6-9-12-16/h6,8-9,11-12,14H,3-5,7,10,13,15H2,1-2H3. The Hall–Kier alpha value is -1.57. The van der Waals surface area contributed by atoms with Crippen molar-refractivity contribution in [2.75, 3.05) is 6.61 Å². The van der Waals surface area contributed by atoms with Gasteiger partial charge in [0.1, 0.15) is 6.61 Å². The van der Waals surface area contributed by atoms with Gasteiger partial charge < -0.3 is 4.74 Å². The van der Waals surface area contributed by atoms with Gasteiger partial charge in [-0.3, -0.25) is 4.79 Å². The van der Waals surface area contributed by atoms with Gasteiger partial charge in [-0.25, -0.2) is 0 Å². The highest BCUT2D eigenvalue weighted by Crippen LogP contribution is 2.14. The van der Waals surface area contributed by atoms with E-state index in [0.29, 0.717) is 13.0 Å². The predicted octanol–water partition coefficient (Wildman–Crippen LogP) is 4.99. The first-order chi connectivity index (χ1) is 9.76. The summed E-state index contributed by atoms with van der Waals surface area (Å²) in [5, 5.41) is 0. The van der Waals surface area contributed by atoms with Gasteiger partial charge in [-0.05, 0) is 30.4 Å². The smallest absolute Gasteiger partial charge is 0.306 e. The second-order valence-corrected chi connectivity index (χ2v) is 5.08. The van der Waals surface area contributed by atoms with E-state index in [1.165, 1.54) is 24.0 Å². The topological polar surface area (TPSA) is 26.3 Å². The van der Waals surface area contributed by atoms with Gasteiger partial charge in [-0.1, -0.05) is 63.1 Å². The lowest BCUT2D eigenvalue weighted by molar-refractivity contribution is -0.142. The van der Waals surface area contributed by atoms with Crippen LogP contribution >= 0.6 is 0 Å². The van der Waals surface area contributed by atoms with E-state index in [1.54, 1.807) is 0 Å². The van der Waals surface area contributed by atoms with E-state index in [0.717, 1.165) is 19.3 Å². The van der Waals surface area contributed by atoms with Crippen LogP contribution < -0.4 is 0 Å². The number of ether oxygens (including phenoxy) is 1. The molecule has 0 saturated carbocycles. The summed E-state index contributed by atoms with van der Waals surface area (Å²) >= 11 is 0. The van der Waals surface area contributed by atoms with Crippen LogP contribution in [0.25, 0.3) is 6.08 Å². The van der Waals surface area contributed by atoms with Crippen molar-refractivity contribution < 1.29 is 9.53 Å². The Morgan fingerprint density at radius 2 is 1.80 bits per heavy atom. The van der Waals surface area contributed by atoms with Crippen molar-refractivity contribution in [1.82, 2.24) is 0 Å². The molecule has 0 fully saturated rings. The zero-order valence-corrected chi connectivity index (χ0v) is 12.7. The minimum Gasteiger partial charge on any atom is -0.461 e. The monoisotopic (exact) mass is 274 g/mol. The number of rotatable bonds is 9. The third-order valence-electron chi connectivity index (χ3n) is 3.14. The summed E-state index contributed by atoms with van der Waals surface area (Å²) in [6, 6.07) is 10.2. The summed E-state index contributed by atoms with van der Waals surface area (Å²) in [7, 11) is 0. The molecule has 0 aliphatic carbocycles. The molecule has 2 nitrogen and oxygen atoms in total. The Bertz CT molecular complexity index is 407. The Balaban J connectivity index is 2.60. The molecule has 0 saturated heterocycles. The molecular weight excluding hydrogens is 248 g/mol. The molecule has 0 aromatic heterocycles. The number of unbranched alkanes of at least 4 members (excludes halogenated alkanes) is 2. The Morgan fingerprint density at radius 1 is 1.05 bits per heavy atom. The van der Waals surface area contributed by atoms with Crippen LogP contribution in [-0.2, 0) is 9.53 Å². The number of esters is 1. The van der Waals surface area contributed by atoms with Gasteiger partial charge in [-0.2, -0.15) is 0 Å². The van der Waals surface area contributed by atoms with Crippen molar-refractivity contribution in [3.63, 3.8) is 0 Å². The Labute approximate surface area is 122 Å². The van der Waals surface area contributed by atoms with E-state index in [2.05, 4.69) is 25.1 Å². The van der Waals surface area contributed by atoms with Crippen LogP contribution in [0.4, 0.5) is 0 Å². The second-order valence-electron chi connectivity index (χ2n) is 5.08. The fourth-order valence-electron chi connectivity index (χ4n) is 2.02. The first kappa shape index (κ1) is 16.5. The minimum atomic E-state index is -0.0954. The van der Waals surface area contributed by atoms with Gasteiger partial charge in [0.05, 0.1) is 0 Å². The maximum absolute atomic E-state index is 11.5. The predicted molar refractivity (Wildman–Crippen MR) is 84.4 cm³/mol. The van der Waals surface area contributed by atoms with Crippen molar-refractivity contribution in [3.05, 3.63) is 41.5 Å². The zero-order valence-electron chi connectivity index (χ0n) is 12.7. The molecular formula is C18H26O2. The van der Waals surface area contributed by atoms with E-state index in [4.69, 9.17) is 4.74 Å². The molecule has 0 aliphatic rings. The van der Waals surface area contributed by atoms with E-state index in [9.17, 15) is 4.79 Å². The molecule has 2 heteroatoms. The molecule has 0 amide bonds. The molecule has 1 aromatic carbocycles. The Morgan fingerprint density at radius 3 is 2.45 bits per heavy atom. The summed E-state index contributed by atoms with van der Waals surface area (Å²) in [4.78, 5) is 11.5. The summed E-state index contributed by atoms with van der Waals surface area (Å²) < 4.78 is 5.34. The molecule has 0 N–H and O–H groups in total. The summed E-state index contributed by atoms with van der Waals surface area (Å²) in [6.07, 6.45) is 8.07. The van der Waals surface area contributed by atoms with Crippen LogP contribution in [0.5, 0.6) is 0 Å². The largest absolute Gasteiger partial charge is 0.461 e. The van der Waals surface area contributed by atoms with Crippen molar-refractivity contribution >= 4 is 12.0 Å². The van der Waals surface area contributed by atoms with Crippen LogP contribution in [0.3, 0.4) is 0 Å². The number of benzene rings is 1. The highest BCUT2D eigenvalue weighted by molar-refractivity contribution is 5.69. The van der Waals surface area contributed by atoms with Crippen molar-refractivity contribution in [2.45, 2.75) is 52.4 Å².